The fraction of sp³-hybridized carbons (Fsp3) is 0.562. The standard InChI is InChI=1S/C16H24FNO2/c1-11(2)9-18(10-12(3)4)16(19)14-7-6-13(20-5)8-15(14)17/h6-8,11-12H,9-10H2,1-5H3. The zero-order chi connectivity index (χ0) is 15.3. The molecule has 0 unspecified atom stereocenters. The first-order chi connectivity index (χ1) is 9.35. The van der Waals surface area contributed by atoms with E-state index in [9.17, 15) is 9.18 Å². The molecule has 4 heteroatoms. The van der Waals surface area contributed by atoms with Crippen molar-refractivity contribution < 1.29 is 13.9 Å². The Kier molecular flexibility index (Phi) is 5.99. The Morgan fingerprint density at radius 3 is 2.15 bits per heavy atom. The molecule has 0 N–H and O–H groups in total. The lowest BCUT2D eigenvalue weighted by Gasteiger charge is -2.26. The van der Waals surface area contributed by atoms with E-state index in [1.807, 2.05) is 27.7 Å². The van der Waals surface area contributed by atoms with E-state index in [1.165, 1.54) is 19.2 Å². The topological polar surface area (TPSA) is 29.5 Å². The van der Waals surface area contributed by atoms with Gasteiger partial charge in [0.2, 0.25) is 0 Å². The second-order valence-corrected chi connectivity index (χ2v) is 5.84. The summed E-state index contributed by atoms with van der Waals surface area (Å²) in [5.41, 5.74) is 0.104. The fourth-order valence-electron chi connectivity index (χ4n) is 2.09. The van der Waals surface area contributed by atoms with Crippen molar-refractivity contribution in [1.82, 2.24) is 4.90 Å². The van der Waals surface area contributed by atoms with Gasteiger partial charge in [-0.1, -0.05) is 27.7 Å². The normalized spacial score (nSPS) is 11.0. The number of methoxy groups -OCH3 is 1. The highest BCUT2D eigenvalue weighted by Gasteiger charge is 2.21. The lowest BCUT2D eigenvalue weighted by molar-refractivity contribution is 0.0710. The maximum absolute atomic E-state index is 14.0. The maximum atomic E-state index is 14.0. The highest BCUT2D eigenvalue weighted by Crippen LogP contribution is 2.19. The summed E-state index contributed by atoms with van der Waals surface area (Å²) in [4.78, 5) is 14.2. The quantitative estimate of drug-likeness (QED) is 0.797. The number of amides is 1. The summed E-state index contributed by atoms with van der Waals surface area (Å²) in [5, 5.41) is 0. The third-order valence-electron chi connectivity index (χ3n) is 2.86. The van der Waals surface area contributed by atoms with Gasteiger partial charge in [0.1, 0.15) is 11.6 Å². The van der Waals surface area contributed by atoms with Gasteiger partial charge in [-0.15, -0.1) is 0 Å². The van der Waals surface area contributed by atoms with Crippen LogP contribution in [-0.2, 0) is 0 Å². The number of hydrogen-bond acceptors (Lipinski definition) is 2. The molecule has 1 aromatic rings. The number of carbonyl (C=O) groups excluding carboxylic acids is 1. The Morgan fingerprint density at radius 2 is 1.75 bits per heavy atom. The van der Waals surface area contributed by atoms with Crippen LogP contribution in [0.25, 0.3) is 0 Å². The van der Waals surface area contributed by atoms with Gasteiger partial charge in [0.25, 0.3) is 5.91 Å². The van der Waals surface area contributed by atoms with Crippen LogP contribution in [0.2, 0.25) is 0 Å². The minimum absolute atomic E-state index is 0.104. The van der Waals surface area contributed by atoms with E-state index < -0.39 is 5.82 Å². The molecule has 20 heavy (non-hydrogen) atoms. The zero-order valence-electron chi connectivity index (χ0n) is 12.9. The van der Waals surface area contributed by atoms with E-state index in [-0.39, 0.29) is 11.5 Å². The van der Waals surface area contributed by atoms with Gasteiger partial charge < -0.3 is 9.64 Å². The van der Waals surface area contributed by atoms with Crippen LogP contribution in [0, 0.1) is 17.7 Å². The average molecular weight is 281 g/mol. The lowest BCUT2D eigenvalue weighted by atomic mass is 10.1. The zero-order valence-corrected chi connectivity index (χ0v) is 12.9. The van der Waals surface area contributed by atoms with E-state index in [1.54, 1.807) is 11.0 Å². The SMILES string of the molecule is COc1ccc(C(=O)N(CC(C)C)CC(C)C)c(F)c1. The molecule has 0 saturated carbocycles. The molecule has 112 valence electrons. The highest BCUT2D eigenvalue weighted by molar-refractivity contribution is 5.94. The number of benzene rings is 1. The summed E-state index contributed by atoms with van der Waals surface area (Å²) in [6.45, 7) is 9.44. The molecule has 0 saturated heterocycles. The van der Waals surface area contributed by atoms with E-state index in [0.717, 1.165) is 0 Å². The van der Waals surface area contributed by atoms with Gasteiger partial charge in [0.15, 0.2) is 0 Å². The first-order valence-electron chi connectivity index (χ1n) is 6.98. The second-order valence-electron chi connectivity index (χ2n) is 5.84. The monoisotopic (exact) mass is 281 g/mol. The smallest absolute Gasteiger partial charge is 0.256 e. The summed E-state index contributed by atoms with van der Waals surface area (Å²) in [6, 6.07) is 4.35. The largest absolute Gasteiger partial charge is 0.497 e. The van der Waals surface area contributed by atoms with Crippen LogP contribution in [0.5, 0.6) is 5.75 Å². The average Bonchev–Trinajstić information content (AvgIpc) is 2.35. The highest BCUT2D eigenvalue weighted by atomic mass is 19.1. The Labute approximate surface area is 120 Å². The number of ether oxygens (including phenoxy) is 1. The van der Waals surface area contributed by atoms with Gasteiger partial charge in [-0.05, 0) is 24.0 Å². The van der Waals surface area contributed by atoms with E-state index in [2.05, 4.69) is 0 Å². The predicted molar refractivity (Wildman–Crippen MR) is 78.5 cm³/mol. The molecule has 0 aliphatic carbocycles. The molecule has 0 radical (unpaired) electrons. The number of halogens is 1. The maximum Gasteiger partial charge on any atom is 0.256 e. The molecule has 0 aromatic heterocycles. The molecule has 0 atom stereocenters. The van der Waals surface area contributed by atoms with Crippen LogP contribution >= 0.6 is 0 Å². The first kappa shape index (κ1) is 16.5. The van der Waals surface area contributed by atoms with Crippen molar-refractivity contribution in [1.29, 1.82) is 0 Å². The van der Waals surface area contributed by atoms with Crippen molar-refractivity contribution in [3.63, 3.8) is 0 Å². The fourth-order valence-corrected chi connectivity index (χ4v) is 2.09. The molecule has 0 fully saturated rings. The molecule has 0 heterocycles. The first-order valence-corrected chi connectivity index (χ1v) is 6.98. The van der Waals surface area contributed by atoms with Gasteiger partial charge in [0.05, 0.1) is 12.7 Å². The van der Waals surface area contributed by atoms with Crippen LogP contribution < -0.4 is 4.74 Å². The Morgan fingerprint density at radius 1 is 1.20 bits per heavy atom. The van der Waals surface area contributed by atoms with Crippen LogP contribution in [0.3, 0.4) is 0 Å². The summed E-state index contributed by atoms with van der Waals surface area (Å²) in [7, 11) is 1.47. The Balaban J connectivity index is 2.99. The van der Waals surface area contributed by atoms with Gasteiger partial charge in [-0.2, -0.15) is 0 Å². The lowest BCUT2D eigenvalue weighted by Crippen LogP contribution is -2.37. The molecular formula is C16H24FNO2. The molecule has 1 rings (SSSR count). The second kappa shape index (κ2) is 7.27. The van der Waals surface area contributed by atoms with E-state index in [4.69, 9.17) is 4.74 Å². The Hall–Kier alpha value is -1.58. The molecule has 1 amide bonds. The Bertz CT molecular complexity index is 448. The third kappa shape index (κ3) is 4.51. The van der Waals surface area contributed by atoms with Crippen molar-refractivity contribution in [2.24, 2.45) is 11.8 Å². The molecule has 3 nitrogen and oxygen atoms in total. The molecule has 0 spiro atoms. The summed E-state index contributed by atoms with van der Waals surface area (Å²) in [5.74, 6) is 0.316. The molecule has 0 bridgehead atoms. The van der Waals surface area contributed by atoms with Gasteiger partial charge in [-0.3, -0.25) is 4.79 Å². The van der Waals surface area contributed by atoms with Gasteiger partial charge in [-0.25, -0.2) is 4.39 Å². The summed E-state index contributed by atoms with van der Waals surface area (Å²) < 4.78 is 18.9. The molecular weight excluding hydrogens is 257 g/mol. The number of carbonyl (C=O) groups is 1. The van der Waals surface area contributed by atoms with Crippen molar-refractivity contribution in [2.45, 2.75) is 27.7 Å². The van der Waals surface area contributed by atoms with Crippen molar-refractivity contribution in [2.75, 3.05) is 20.2 Å². The summed E-state index contributed by atoms with van der Waals surface area (Å²) in [6.07, 6.45) is 0. The van der Waals surface area contributed by atoms with Crippen molar-refractivity contribution in [3.05, 3.63) is 29.6 Å². The minimum atomic E-state index is -0.535. The van der Waals surface area contributed by atoms with Crippen molar-refractivity contribution >= 4 is 5.91 Å². The van der Waals surface area contributed by atoms with Gasteiger partial charge in [0, 0.05) is 19.2 Å². The molecule has 0 aliphatic rings. The minimum Gasteiger partial charge on any atom is -0.497 e. The van der Waals surface area contributed by atoms with Gasteiger partial charge >= 0.3 is 0 Å². The molecule has 1 aromatic carbocycles. The number of nitrogens with zero attached hydrogens (tertiary/aromatic N) is 1. The number of rotatable bonds is 6. The van der Waals surface area contributed by atoms with Crippen LogP contribution in [0.15, 0.2) is 18.2 Å². The van der Waals surface area contributed by atoms with Crippen molar-refractivity contribution in [3.8, 4) is 5.75 Å². The van der Waals surface area contributed by atoms with Crippen LogP contribution in [0.4, 0.5) is 4.39 Å². The predicted octanol–water partition coefficient (Wildman–Crippen LogP) is 3.59. The van der Waals surface area contributed by atoms with Crippen LogP contribution in [-0.4, -0.2) is 31.0 Å². The third-order valence-corrected chi connectivity index (χ3v) is 2.86. The number of hydrogen-bond donors (Lipinski definition) is 0. The summed E-state index contributed by atoms with van der Waals surface area (Å²) >= 11 is 0. The van der Waals surface area contributed by atoms with Crippen LogP contribution in [0.1, 0.15) is 38.1 Å². The van der Waals surface area contributed by atoms with E-state index >= 15 is 0 Å². The molecule has 0 aliphatic heterocycles. The van der Waals surface area contributed by atoms with E-state index in [0.29, 0.717) is 30.7 Å².